The van der Waals surface area contributed by atoms with E-state index in [0.717, 1.165) is 66.0 Å². The molecule has 1 fully saturated rings. The third-order valence-electron chi connectivity index (χ3n) is 7.47. The van der Waals surface area contributed by atoms with Crippen molar-refractivity contribution in [2.45, 2.75) is 72.3 Å². The average molecular weight is 505 g/mol. The van der Waals surface area contributed by atoms with E-state index in [9.17, 15) is 4.79 Å². The molecule has 9 heteroatoms. The largest absolute Gasteiger partial charge is 0.494 e. The van der Waals surface area contributed by atoms with E-state index < -0.39 is 0 Å². The highest BCUT2D eigenvalue weighted by Gasteiger charge is 2.28. The quantitative estimate of drug-likeness (QED) is 0.313. The number of nitrogens with zero attached hydrogens (tertiary/aromatic N) is 6. The average Bonchev–Trinajstić information content (AvgIpc) is 3.61. The molecule has 0 saturated heterocycles. The Labute approximate surface area is 216 Å². The summed E-state index contributed by atoms with van der Waals surface area (Å²) in [6.07, 6.45) is 6.89. The summed E-state index contributed by atoms with van der Waals surface area (Å²) in [7, 11) is 1.84. The van der Waals surface area contributed by atoms with Gasteiger partial charge < -0.3 is 9.15 Å². The van der Waals surface area contributed by atoms with Crippen molar-refractivity contribution >= 4 is 16.7 Å². The summed E-state index contributed by atoms with van der Waals surface area (Å²) in [5.74, 6) is 2.66. The van der Waals surface area contributed by atoms with E-state index in [2.05, 4.69) is 22.2 Å². The molecule has 4 aromatic rings. The zero-order valence-electron chi connectivity index (χ0n) is 22.4. The molecule has 0 amide bonds. The van der Waals surface area contributed by atoms with Crippen LogP contribution < -0.4 is 10.4 Å². The van der Waals surface area contributed by atoms with E-state index in [4.69, 9.17) is 9.15 Å². The minimum atomic E-state index is 0.0228. The van der Waals surface area contributed by atoms with Crippen LogP contribution in [0.3, 0.4) is 0 Å². The zero-order valence-corrected chi connectivity index (χ0v) is 22.4. The van der Waals surface area contributed by atoms with Crippen LogP contribution in [0.1, 0.15) is 70.4 Å². The number of aromatic nitrogens is 6. The molecule has 3 heterocycles. The molecule has 37 heavy (non-hydrogen) atoms. The molecule has 0 radical (unpaired) electrons. The Hall–Kier alpha value is -3.62. The van der Waals surface area contributed by atoms with Gasteiger partial charge in [0.25, 0.3) is 5.89 Å². The summed E-state index contributed by atoms with van der Waals surface area (Å²) in [6, 6.07) is 7.90. The van der Waals surface area contributed by atoms with Crippen molar-refractivity contribution in [2.75, 3.05) is 6.61 Å². The number of ether oxygens (including phenoxy) is 1. The van der Waals surface area contributed by atoms with Gasteiger partial charge in [-0.05, 0) is 77.0 Å². The fraction of sp³-hybridized carbons (Fsp3) is 0.500. The molecule has 0 aliphatic heterocycles. The number of rotatable bonds is 8. The van der Waals surface area contributed by atoms with Gasteiger partial charge in [-0.25, -0.2) is 9.48 Å². The van der Waals surface area contributed by atoms with Crippen LogP contribution in [0.5, 0.6) is 5.75 Å². The van der Waals surface area contributed by atoms with Gasteiger partial charge in [0, 0.05) is 31.3 Å². The third-order valence-corrected chi connectivity index (χ3v) is 7.47. The first-order valence-corrected chi connectivity index (χ1v) is 13.2. The van der Waals surface area contributed by atoms with Crippen LogP contribution in [-0.4, -0.2) is 35.7 Å². The van der Waals surface area contributed by atoms with Crippen molar-refractivity contribution in [1.82, 2.24) is 29.1 Å². The summed E-state index contributed by atoms with van der Waals surface area (Å²) >= 11 is 0. The second-order valence-electron chi connectivity index (χ2n) is 10.1. The van der Waals surface area contributed by atoms with E-state index >= 15 is 0 Å². The monoisotopic (exact) mass is 504 g/mol. The van der Waals surface area contributed by atoms with Gasteiger partial charge in [-0.3, -0.25) is 9.13 Å². The van der Waals surface area contributed by atoms with E-state index in [-0.39, 0.29) is 11.6 Å². The highest BCUT2D eigenvalue weighted by Crippen LogP contribution is 2.37. The Kier molecular flexibility index (Phi) is 7.04. The second kappa shape index (κ2) is 10.4. The molecule has 0 N–H and O–H groups in total. The van der Waals surface area contributed by atoms with Crippen LogP contribution >= 0.6 is 0 Å². The molecule has 0 atom stereocenters. The third kappa shape index (κ3) is 4.86. The predicted octanol–water partition coefficient (Wildman–Crippen LogP) is 5.54. The topological polar surface area (TPSA) is 92.9 Å². The van der Waals surface area contributed by atoms with E-state index in [1.54, 1.807) is 4.57 Å². The molecule has 3 aromatic heterocycles. The normalized spacial score (nSPS) is 18.6. The molecule has 0 bridgehead atoms. The Morgan fingerprint density at radius 3 is 2.68 bits per heavy atom. The van der Waals surface area contributed by atoms with Crippen LogP contribution in [0.25, 0.3) is 28.3 Å². The van der Waals surface area contributed by atoms with Crippen molar-refractivity contribution in [3.8, 4) is 17.3 Å². The first-order valence-electron chi connectivity index (χ1n) is 13.2. The molecule has 1 saturated carbocycles. The van der Waals surface area contributed by atoms with Crippen molar-refractivity contribution in [3.05, 3.63) is 52.4 Å². The lowest BCUT2D eigenvalue weighted by atomic mass is 9.82. The summed E-state index contributed by atoms with van der Waals surface area (Å²) in [5.41, 5.74) is 4.63. The van der Waals surface area contributed by atoms with Gasteiger partial charge in [-0.2, -0.15) is 5.10 Å². The van der Waals surface area contributed by atoms with Crippen molar-refractivity contribution in [2.24, 2.45) is 13.0 Å². The SMILES string of the molecule is C/C=C(/C)n1nc(C)cc1-c1nnc(C2CCC(Cn3c(=O)n(C)c4ccc(OCCC)cc43)CC2)o1. The molecular formula is C28H36N6O3. The fourth-order valence-corrected chi connectivity index (χ4v) is 5.27. The number of allylic oxidation sites excluding steroid dienone is 2. The molecule has 0 unspecified atom stereocenters. The van der Waals surface area contributed by atoms with Gasteiger partial charge >= 0.3 is 5.69 Å². The standard InChI is InChI=1S/C28H36N6O3/c1-6-14-36-22-12-13-23-24(16-22)33(28(35)32(23)5)17-20-8-10-21(11-9-20)26-29-30-27(37-26)25-15-18(3)31-34(25)19(4)7-2/h7,12-13,15-16,20-21H,6,8-11,14,17H2,1-5H3/b19-7-. The lowest BCUT2D eigenvalue weighted by Gasteiger charge is -2.26. The number of benzene rings is 1. The first kappa shape index (κ1) is 25.0. The maximum Gasteiger partial charge on any atom is 0.328 e. The van der Waals surface area contributed by atoms with Crippen LogP contribution in [0.2, 0.25) is 0 Å². The molecule has 196 valence electrons. The Balaban J connectivity index is 1.29. The van der Waals surface area contributed by atoms with E-state index in [1.807, 2.05) is 67.4 Å². The number of aryl methyl sites for hydroxylation is 2. The molecular weight excluding hydrogens is 468 g/mol. The summed E-state index contributed by atoms with van der Waals surface area (Å²) in [6.45, 7) is 9.41. The molecule has 9 nitrogen and oxygen atoms in total. The molecule has 1 aromatic carbocycles. The first-order chi connectivity index (χ1) is 17.9. The van der Waals surface area contributed by atoms with Crippen LogP contribution in [0, 0.1) is 12.8 Å². The van der Waals surface area contributed by atoms with Gasteiger partial charge in [-0.15, -0.1) is 10.2 Å². The van der Waals surface area contributed by atoms with Crippen molar-refractivity contribution in [3.63, 3.8) is 0 Å². The van der Waals surface area contributed by atoms with E-state index in [1.165, 1.54) is 0 Å². The molecule has 0 spiro atoms. The van der Waals surface area contributed by atoms with Gasteiger partial charge in [0.1, 0.15) is 11.4 Å². The molecule has 5 rings (SSSR count). The molecule has 1 aliphatic carbocycles. The number of hydrogen-bond donors (Lipinski definition) is 0. The zero-order chi connectivity index (χ0) is 26.1. The van der Waals surface area contributed by atoms with Gasteiger partial charge in [-0.1, -0.05) is 13.0 Å². The van der Waals surface area contributed by atoms with Crippen LogP contribution in [-0.2, 0) is 13.6 Å². The predicted molar refractivity (Wildman–Crippen MR) is 144 cm³/mol. The summed E-state index contributed by atoms with van der Waals surface area (Å²) in [4.78, 5) is 13.1. The highest BCUT2D eigenvalue weighted by atomic mass is 16.5. The lowest BCUT2D eigenvalue weighted by Crippen LogP contribution is -2.27. The van der Waals surface area contributed by atoms with Crippen LogP contribution in [0.4, 0.5) is 0 Å². The van der Waals surface area contributed by atoms with E-state index in [0.29, 0.717) is 30.9 Å². The fourth-order valence-electron chi connectivity index (χ4n) is 5.27. The summed E-state index contributed by atoms with van der Waals surface area (Å²) in [5, 5.41) is 13.3. The smallest absolute Gasteiger partial charge is 0.328 e. The maximum atomic E-state index is 13.1. The number of hydrogen-bond acceptors (Lipinski definition) is 6. The second-order valence-corrected chi connectivity index (χ2v) is 10.1. The van der Waals surface area contributed by atoms with Crippen molar-refractivity contribution in [1.29, 1.82) is 0 Å². The van der Waals surface area contributed by atoms with Crippen molar-refractivity contribution < 1.29 is 9.15 Å². The Morgan fingerprint density at radius 2 is 1.95 bits per heavy atom. The molecule has 1 aliphatic rings. The Morgan fingerprint density at radius 1 is 1.16 bits per heavy atom. The van der Waals surface area contributed by atoms with Gasteiger partial charge in [0.05, 0.1) is 23.3 Å². The van der Waals surface area contributed by atoms with Gasteiger partial charge in [0.2, 0.25) is 5.89 Å². The highest BCUT2D eigenvalue weighted by molar-refractivity contribution is 5.77. The summed E-state index contributed by atoms with van der Waals surface area (Å²) < 4.78 is 17.5. The minimum Gasteiger partial charge on any atom is -0.494 e. The van der Waals surface area contributed by atoms with Crippen LogP contribution in [0.15, 0.2) is 39.6 Å². The lowest BCUT2D eigenvalue weighted by molar-refractivity contribution is 0.270. The van der Waals surface area contributed by atoms with Gasteiger partial charge in [0.15, 0.2) is 0 Å². The minimum absolute atomic E-state index is 0.0228. The number of fused-ring (bicyclic) bond motifs is 1. The number of imidazole rings is 1. The Bertz CT molecular complexity index is 1480. The maximum absolute atomic E-state index is 13.1.